The summed E-state index contributed by atoms with van der Waals surface area (Å²) >= 11 is 0. The average molecular weight is 508 g/mol. The van der Waals surface area contributed by atoms with Gasteiger partial charge in [-0.1, -0.05) is 12.1 Å². The average Bonchev–Trinajstić information content (AvgIpc) is 2.66. The van der Waals surface area contributed by atoms with E-state index in [1.54, 1.807) is 6.20 Å². The molecule has 0 saturated carbocycles. The Morgan fingerprint density at radius 1 is 1.18 bits per heavy atom. The van der Waals surface area contributed by atoms with Gasteiger partial charge in [0.05, 0.1) is 19.2 Å². The second-order valence-corrected chi connectivity index (χ2v) is 5.71. The summed E-state index contributed by atoms with van der Waals surface area (Å²) in [5.74, 6) is 0.618. The summed E-state index contributed by atoms with van der Waals surface area (Å²) in [6, 6.07) is 9.55. The van der Waals surface area contributed by atoms with Crippen molar-refractivity contribution in [3.05, 3.63) is 59.4 Å². The van der Waals surface area contributed by atoms with Crippen LogP contribution in [0.1, 0.15) is 23.7 Å². The summed E-state index contributed by atoms with van der Waals surface area (Å²) in [5, 5.41) is 6.15. The lowest BCUT2D eigenvalue weighted by Gasteiger charge is -2.14. The van der Waals surface area contributed by atoms with E-state index in [-0.39, 0.29) is 41.8 Å². The van der Waals surface area contributed by atoms with Crippen molar-refractivity contribution in [2.75, 3.05) is 20.2 Å². The molecule has 0 spiro atoms. The number of guanidine groups is 1. The molecule has 1 aromatic heterocycles. The van der Waals surface area contributed by atoms with E-state index in [1.165, 1.54) is 19.2 Å². The van der Waals surface area contributed by atoms with Crippen molar-refractivity contribution >= 4 is 29.9 Å². The summed E-state index contributed by atoms with van der Waals surface area (Å²) in [6.07, 6.45) is -2.07. The van der Waals surface area contributed by atoms with Crippen molar-refractivity contribution in [3.63, 3.8) is 0 Å². The van der Waals surface area contributed by atoms with Crippen LogP contribution in [0.4, 0.5) is 13.2 Å². The topological polar surface area (TPSA) is 58.5 Å². The predicted octanol–water partition coefficient (Wildman–Crippen LogP) is 4.02. The second kappa shape index (κ2) is 11.7. The van der Waals surface area contributed by atoms with Gasteiger partial charge in [-0.25, -0.2) is 4.99 Å². The fraction of sp³-hybridized carbons (Fsp3) is 0.368. The summed E-state index contributed by atoms with van der Waals surface area (Å²) in [4.78, 5) is 8.51. The maximum atomic E-state index is 13.3. The Hall–Kier alpha value is -2.04. The van der Waals surface area contributed by atoms with E-state index < -0.39 is 11.7 Å². The van der Waals surface area contributed by atoms with Crippen LogP contribution in [0, 0.1) is 0 Å². The minimum absolute atomic E-state index is 0. The Bertz CT molecular complexity index is 755. The molecule has 0 radical (unpaired) electrons. The molecule has 0 saturated heterocycles. The third kappa shape index (κ3) is 7.53. The van der Waals surface area contributed by atoms with Gasteiger partial charge in [-0.2, -0.15) is 13.2 Å². The molecule has 1 heterocycles. The molecule has 0 unspecified atom stereocenters. The highest BCUT2D eigenvalue weighted by Crippen LogP contribution is 2.34. The van der Waals surface area contributed by atoms with Crippen molar-refractivity contribution in [3.8, 4) is 5.75 Å². The molecule has 0 atom stereocenters. The molecule has 5 nitrogen and oxygen atoms in total. The largest absolute Gasteiger partial charge is 0.497 e. The standard InChI is InChI=1S/C19H23F3N4O.HI/c1-3-23-18(25-11-9-15-6-4-5-10-24-15)26-13-14-7-8-16(27-2)12-17(14)19(20,21)22;/h4-8,10,12H,3,9,11,13H2,1-2H3,(H2,23,25,26);1H. The van der Waals surface area contributed by atoms with Crippen LogP contribution < -0.4 is 15.4 Å². The van der Waals surface area contributed by atoms with Crippen molar-refractivity contribution in [2.24, 2.45) is 4.99 Å². The lowest BCUT2D eigenvalue weighted by molar-refractivity contribution is -0.138. The van der Waals surface area contributed by atoms with E-state index in [2.05, 4.69) is 20.6 Å². The first-order valence-electron chi connectivity index (χ1n) is 8.60. The number of halogens is 4. The molecular formula is C19H24F3IN4O. The normalized spacial score (nSPS) is 11.5. The van der Waals surface area contributed by atoms with E-state index >= 15 is 0 Å². The highest BCUT2D eigenvalue weighted by molar-refractivity contribution is 14.0. The Morgan fingerprint density at radius 3 is 2.57 bits per heavy atom. The summed E-state index contributed by atoms with van der Waals surface area (Å²) in [6.45, 7) is 2.96. The van der Waals surface area contributed by atoms with Crippen LogP contribution in [0.2, 0.25) is 0 Å². The fourth-order valence-corrected chi connectivity index (χ4v) is 2.45. The Balaban J connectivity index is 0.00000392. The van der Waals surface area contributed by atoms with Crippen LogP contribution >= 0.6 is 24.0 Å². The number of nitrogens with one attached hydrogen (secondary N) is 2. The molecule has 2 N–H and O–H groups in total. The predicted molar refractivity (Wildman–Crippen MR) is 114 cm³/mol. The van der Waals surface area contributed by atoms with E-state index in [0.29, 0.717) is 25.5 Å². The first-order valence-corrected chi connectivity index (χ1v) is 8.60. The van der Waals surface area contributed by atoms with Crippen LogP contribution in [0.5, 0.6) is 5.75 Å². The van der Waals surface area contributed by atoms with Crippen LogP contribution in [0.3, 0.4) is 0 Å². The fourth-order valence-electron chi connectivity index (χ4n) is 2.45. The number of aromatic nitrogens is 1. The molecular weight excluding hydrogens is 484 g/mol. The summed E-state index contributed by atoms with van der Waals surface area (Å²) in [7, 11) is 1.34. The minimum Gasteiger partial charge on any atom is -0.497 e. The molecule has 1 aromatic carbocycles. The third-order valence-electron chi connectivity index (χ3n) is 3.77. The van der Waals surface area contributed by atoms with Crippen molar-refractivity contribution in [1.82, 2.24) is 15.6 Å². The quantitative estimate of drug-likeness (QED) is 0.337. The van der Waals surface area contributed by atoms with Gasteiger partial charge in [0.15, 0.2) is 5.96 Å². The number of hydrogen-bond acceptors (Lipinski definition) is 3. The SMILES string of the molecule is CCNC(=NCc1ccc(OC)cc1C(F)(F)F)NCCc1ccccn1.I. The van der Waals surface area contributed by atoms with Crippen molar-refractivity contribution in [2.45, 2.75) is 26.1 Å². The van der Waals surface area contributed by atoms with Gasteiger partial charge >= 0.3 is 6.18 Å². The summed E-state index contributed by atoms with van der Waals surface area (Å²) in [5.41, 5.74) is 0.274. The number of hydrogen-bond donors (Lipinski definition) is 2. The van der Waals surface area contributed by atoms with Gasteiger partial charge in [0.1, 0.15) is 5.75 Å². The van der Waals surface area contributed by atoms with Gasteiger partial charge < -0.3 is 15.4 Å². The number of ether oxygens (including phenoxy) is 1. The molecule has 2 aromatic rings. The molecule has 0 aliphatic rings. The van der Waals surface area contributed by atoms with Crippen molar-refractivity contribution in [1.29, 1.82) is 0 Å². The van der Waals surface area contributed by atoms with Crippen LogP contribution in [0.15, 0.2) is 47.6 Å². The number of methoxy groups -OCH3 is 1. The smallest absolute Gasteiger partial charge is 0.416 e. The Kier molecular flexibility index (Phi) is 10.0. The van der Waals surface area contributed by atoms with Gasteiger partial charge in [-0.05, 0) is 36.8 Å². The number of aliphatic imine (C=N–C) groups is 1. The lowest BCUT2D eigenvalue weighted by atomic mass is 10.1. The van der Waals surface area contributed by atoms with Gasteiger partial charge in [-0.15, -0.1) is 24.0 Å². The summed E-state index contributed by atoms with van der Waals surface area (Å²) < 4.78 is 44.8. The van der Waals surface area contributed by atoms with Gasteiger partial charge in [0.25, 0.3) is 0 Å². The highest BCUT2D eigenvalue weighted by Gasteiger charge is 2.33. The maximum absolute atomic E-state index is 13.3. The molecule has 2 rings (SSSR count). The molecule has 0 aliphatic carbocycles. The lowest BCUT2D eigenvalue weighted by Crippen LogP contribution is -2.38. The third-order valence-corrected chi connectivity index (χ3v) is 3.77. The van der Waals surface area contributed by atoms with Crippen LogP contribution in [-0.4, -0.2) is 31.1 Å². The molecule has 0 fully saturated rings. The van der Waals surface area contributed by atoms with Gasteiger partial charge in [0.2, 0.25) is 0 Å². The zero-order chi connectivity index (χ0) is 19.7. The maximum Gasteiger partial charge on any atom is 0.416 e. The number of benzene rings is 1. The number of pyridine rings is 1. The number of rotatable bonds is 7. The highest BCUT2D eigenvalue weighted by atomic mass is 127. The minimum atomic E-state index is -4.47. The van der Waals surface area contributed by atoms with E-state index in [4.69, 9.17) is 4.74 Å². The zero-order valence-corrected chi connectivity index (χ0v) is 18.0. The molecule has 9 heteroatoms. The molecule has 28 heavy (non-hydrogen) atoms. The first-order chi connectivity index (χ1) is 12.9. The van der Waals surface area contributed by atoms with Gasteiger partial charge in [-0.3, -0.25) is 4.98 Å². The monoisotopic (exact) mass is 508 g/mol. The van der Waals surface area contributed by atoms with E-state index in [9.17, 15) is 13.2 Å². The van der Waals surface area contributed by atoms with Crippen LogP contribution in [-0.2, 0) is 19.1 Å². The first kappa shape index (κ1) is 24.0. The zero-order valence-electron chi connectivity index (χ0n) is 15.7. The number of alkyl halides is 3. The van der Waals surface area contributed by atoms with Gasteiger partial charge in [0, 0.05) is 31.4 Å². The van der Waals surface area contributed by atoms with E-state index in [0.717, 1.165) is 11.8 Å². The van der Waals surface area contributed by atoms with Crippen LogP contribution in [0.25, 0.3) is 0 Å². The number of nitrogens with zero attached hydrogens (tertiary/aromatic N) is 2. The molecule has 0 amide bonds. The molecule has 0 aliphatic heterocycles. The Morgan fingerprint density at radius 2 is 1.96 bits per heavy atom. The molecule has 154 valence electrons. The van der Waals surface area contributed by atoms with E-state index in [1.807, 2.05) is 25.1 Å². The Labute approximate surface area is 179 Å². The molecule has 0 bridgehead atoms. The second-order valence-electron chi connectivity index (χ2n) is 5.71. The van der Waals surface area contributed by atoms with Crippen molar-refractivity contribution < 1.29 is 17.9 Å².